The van der Waals surface area contributed by atoms with Crippen molar-refractivity contribution in [2.24, 2.45) is 10.9 Å². The van der Waals surface area contributed by atoms with Gasteiger partial charge >= 0.3 is 0 Å². The summed E-state index contributed by atoms with van der Waals surface area (Å²) >= 11 is 5.65. The van der Waals surface area contributed by atoms with Crippen LogP contribution in [0.3, 0.4) is 0 Å². The van der Waals surface area contributed by atoms with E-state index in [-0.39, 0.29) is 18.1 Å². The summed E-state index contributed by atoms with van der Waals surface area (Å²) in [7, 11) is 0. The van der Waals surface area contributed by atoms with E-state index in [4.69, 9.17) is 11.6 Å². The number of hydrogen-bond acceptors (Lipinski definition) is 2. The van der Waals surface area contributed by atoms with Crippen LogP contribution in [0.2, 0.25) is 0 Å². The maximum atomic E-state index is 11.1. The standard InChI is InChI=1S/C8H14ClNO/c1-4-10-8(9)5-7(11)6(2)3/h6H,4-5H2,1-3H3. The van der Waals surface area contributed by atoms with Gasteiger partial charge in [0.1, 0.15) is 11.0 Å². The van der Waals surface area contributed by atoms with Gasteiger partial charge in [-0.1, -0.05) is 25.4 Å². The molecule has 0 spiro atoms. The molecule has 0 bridgehead atoms. The van der Waals surface area contributed by atoms with Gasteiger partial charge < -0.3 is 0 Å². The molecule has 0 saturated carbocycles. The molecule has 3 heteroatoms. The highest BCUT2D eigenvalue weighted by Gasteiger charge is 2.08. The van der Waals surface area contributed by atoms with Crippen molar-refractivity contribution in [1.82, 2.24) is 0 Å². The number of Topliss-reactive ketones (excluding diaryl/α,β-unsaturated/α-hetero) is 1. The summed E-state index contributed by atoms with van der Waals surface area (Å²) in [6.07, 6.45) is 0.285. The molecule has 11 heavy (non-hydrogen) atoms. The molecular weight excluding hydrogens is 162 g/mol. The fraction of sp³-hybridized carbons (Fsp3) is 0.750. The summed E-state index contributed by atoms with van der Waals surface area (Å²) in [5.74, 6) is 0.197. The third-order valence-corrected chi connectivity index (χ3v) is 1.55. The molecule has 0 aromatic carbocycles. The molecule has 0 heterocycles. The van der Waals surface area contributed by atoms with Gasteiger partial charge in [0.2, 0.25) is 0 Å². The minimum Gasteiger partial charge on any atom is -0.299 e. The van der Waals surface area contributed by atoms with Crippen LogP contribution in [-0.2, 0) is 4.79 Å². The van der Waals surface area contributed by atoms with Crippen molar-refractivity contribution in [3.05, 3.63) is 0 Å². The molecule has 0 radical (unpaired) electrons. The van der Waals surface area contributed by atoms with E-state index in [0.717, 1.165) is 0 Å². The number of rotatable bonds is 4. The number of ketones is 1. The Kier molecular flexibility index (Phi) is 5.12. The largest absolute Gasteiger partial charge is 0.299 e. The van der Waals surface area contributed by atoms with E-state index in [0.29, 0.717) is 11.7 Å². The molecule has 0 rings (SSSR count). The summed E-state index contributed by atoms with van der Waals surface area (Å²) in [5, 5.41) is 0.422. The number of nitrogens with zero attached hydrogens (tertiary/aromatic N) is 1. The number of halogens is 1. The predicted octanol–water partition coefficient (Wildman–Crippen LogP) is 2.26. The zero-order valence-corrected chi connectivity index (χ0v) is 7.98. The van der Waals surface area contributed by atoms with Crippen LogP contribution >= 0.6 is 11.6 Å². The lowest BCUT2D eigenvalue weighted by Gasteiger charge is -2.00. The van der Waals surface area contributed by atoms with E-state index >= 15 is 0 Å². The Bertz CT molecular complexity index is 163. The van der Waals surface area contributed by atoms with Crippen LogP contribution in [0.15, 0.2) is 4.99 Å². The van der Waals surface area contributed by atoms with E-state index in [1.54, 1.807) is 0 Å². The Balaban J connectivity index is 3.85. The Morgan fingerprint density at radius 3 is 2.45 bits per heavy atom. The maximum Gasteiger partial charge on any atom is 0.142 e. The van der Waals surface area contributed by atoms with Crippen LogP contribution in [0.5, 0.6) is 0 Å². The SMILES string of the molecule is CCN=C(Cl)CC(=O)C(C)C. The first-order valence-electron chi connectivity index (χ1n) is 3.79. The van der Waals surface area contributed by atoms with Crippen molar-refractivity contribution in [3.8, 4) is 0 Å². The predicted molar refractivity (Wildman–Crippen MR) is 48.3 cm³/mol. The van der Waals surface area contributed by atoms with Crippen LogP contribution < -0.4 is 0 Å². The maximum absolute atomic E-state index is 11.1. The molecular formula is C8H14ClNO. The number of aliphatic imine (C=N–C) groups is 1. The molecule has 0 aliphatic carbocycles. The van der Waals surface area contributed by atoms with Crippen molar-refractivity contribution >= 4 is 22.6 Å². The van der Waals surface area contributed by atoms with Gasteiger partial charge in [0.15, 0.2) is 0 Å². The number of carbonyl (C=O) groups is 1. The minimum atomic E-state index is 0.0517. The quantitative estimate of drug-likeness (QED) is 0.603. The smallest absolute Gasteiger partial charge is 0.142 e. The molecule has 0 unspecified atom stereocenters. The van der Waals surface area contributed by atoms with Crippen LogP contribution in [0.4, 0.5) is 0 Å². The van der Waals surface area contributed by atoms with Gasteiger partial charge in [0.25, 0.3) is 0 Å². The minimum absolute atomic E-state index is 0.0517. The molecule has 0 atom stereocenters. The highest BCUT2D eigenvalue weighted by Crippen LogP contribution is 2.02. The van der Waals surface area contributed by atoms with Crippen LogP contribution in [-0.4, -0.2) is 17.5 Å². The first kappa shape index (κ1) is 10.6. The molecule has 2 nitrogen and oxygen atoms in total. The highest BCUT2D eigenvalue weighted by molar-refractivity contribution is 6.66. The van der Waals surface area contributed by atoms with Crippen molar-refractivity contribution in [2.45, 2.75) is 27.2 Å². The molecule has 0 aromatic rings. The summed E-state index contributed by atoms with van der Waals surface area (Å²) in [4.78, 5) is 15.0. The monoisotopic (exact) mass is 175 g/mol. The fourth-order valence-corrected chi connectivity index (χ4v) is 0.827. The van der Waals surface area contributed by atoms with E-state index in [1.807, 2.05) is 20.8 Å². The Labute approximate surface area is 72.7 Å². The molecule has 0 saturated heterocycles. The van der Waals surface area contributed by atoms with E-state index < -0.39 is 0 Å². The lowest BCUT2D eigenvalue weighted by Crippen LogP contribution is -2.10. The number of carbonyl (C=O) groups excluding carboxylic acids is 1. The topological polar surface area (TPSA) is 29.4 Å². The zero-order chi connectivity index (χ0) is 8.85. The molecule has 0 aliphatic heterocycles. The molecule has 0 amide bonds. The average molecular weight is 176 g/mol. The van der Waals surface area contributed by atoms with E-state index in [1.165, 1.54) is 0 Å². The van der Waals surface area contributed by atoms with Crippen LogP contribution in [0.1, 0.15) is 27.2 Å². The van der Waals surface area contributed by atoms with Gasteiger partial charge in [-0.3, -0.25) is 9.79 Å². The molecule has 0 aromatic heterocycles. The van der Waals surface area contributed by atoms with Gasteiger partial charge in [0, 0.05) is 12.5 Å². The summed E-state index contributed by atoms with van der Waals surface area (Å²) < 4.78 is 0. The first-order chi connectivity index (χ1) is 5.07. The zero-order valence-electron chi connectivity index (χ0n) is 7.22. The van der Waals surface area contributed by atoms with Crippen molar-refractivity contribution < 1.29 is 4.79 Å². The molecule has 0 fully saturated rings. The van der Waals surface area contributed by atoms with Crippen molar-refractivity contribution in [3.63, 3.8) is 0 Å². The van der Waals surface area contributed by atoms with Gasteiger partial charge in [-0.25, -0.2) is 0 Å². The summed E-state index contributed by atoms with van der Waals surface area (Å²) in [6, 6.07) is 0. The lowest BCUT2D eigenvalue weighted by atomic mass is 10.1. The Morgan fingerprint density at radius 2 is 2.09 bits per heavy atom. The van der Waals surface area contributed by atoms with Crippen LogP contribution in [0.25, 0.3) is 0 Å². The summed E-state index contributed by atoms with van der Waals surface area (Å²) in [5.41, 5.74) is 0. The highest BCUT2D eigenvalue weighted by atomic mass is 35.5. The first-order valence-corrected chi connectivity index (χ1v) is 4.17. The van der Waals surface area contributed by atoms with E-state index in [2.05, 4.69) is 4.99 Å². The van der Waals surface area contributed by atoms with Gasteiger partial charge in [-0.2, -0.15) is 0 Å². The van der Waals surface area contributed by atoms with Crippen molar-refractivity contribution in [2.75, 3.05) is 6.54 Å². The Hall–Kier alpha value is -0.370. The second-order valence-electron chi connectivity index (χ2n) is 2.65. The lowest BCUT2D eigenvalue weighted by molar-refractivity contribution is -0.120. The second kappa shape index (κ2) is 5.30. The van der Waals surface area contributed by atoms with Gasteiger partial charge in [-0.05, 0) is 6.92 Å². The fourth-order valence-electron chi connectivity index (χ4n) is 0.575. The molecule has 0 aliphatic rings. The van der Waals surface area contributed by atoms with E-state index in [9.17, 15) is 4.79 Å². The third kappa shape index (κ3) is 4.96. The average Bonchev–Trinajstić information content (AvgIpc) is 1.87. The summed E-state index contributed by atoms with van der Waals surface area (Å²) in [6.45, 7) is 6.25. The van der Waals surface area contributed by atoms with Gasteiger partial charge in [-0.15, -0.1) is 0 Å². The van der Waals surface area contributed by atoms with Gasteiger partial charge in [0.05, 0.1) is 6.42 Å². The van der Waals surface area contributed by atoms with Crippen LogP contribution in [0, 0.1) is 5.92 Å². The Morgan fingerprint density at radius 1 is 1.55 bits per heavy atom. The third-order valence-electron chi connectivity index (χ3n) is 1.29. The number of hydrogen-bond donors (Lipinski definition) is 0. The second-order valence-corrected chi connectivity index (χ2v) is 3.08. The molecule has 64 valence electrons. The molecule has 0 N–H and O–H groups in total. The van der Waals surface area contributed by atoms with Crippen molar-refractivity contribution in [1.29, 1.82) is 0 Å². The normalized spacial score (nSPS) is 12.3.